The molecule has 1 aromatic heterocycles. The van der Waals surface area contributed by atoms with Gasteiger partial charge in [-0.05, 0) is 42.5 Å². The minimum absolute atomic E-state index is 0.471. The smallest absolute Gasteiger partial charge is 0.0951 e. The second kappa shape index (κ2) is 4.41. The highest BCUT2D eigenvalue weighted by molar-refractivity contribution is 5.98. The van der Waals surface area contributed by atoms with Gasteiger partial charge in [0.05, 0.1) is 11.2 Å². The van der Waals surface area contributed by atoms with Crippen molar-refractivity contribution in [1.82, 2.24) is 4.98 Å². The quantitative estimate of drug-likeness (QED) is 0.794. The van der Waals surface area contributed by atoms with Gasteiger partial charge < -0.3 is 10.6 Å². The Hall–Kier alpha value is -1.77. The third kappa shape index (κ3) is 2.25. The van der Waals surface area contributed by atoms with Crippen molar-refractivity contribution >= 4 is 22.3 Å². The number of rotatable bonds is 1. The van der Waals surface area contributed by atoms with E-state index < -0.39 is 0 Å². The summed E-state index contributed by atoms with van der Waals surface area (Å²) >= 11 is 0. The van der Waals surface area contributed by atoms with Gasteiger partial charge in [0.1, 0.15) is 0 Å². The maximum atomic E-state index is 6.02. The Labute approximate surface area is 114 Å². The Balaban J connectivity index is 2.00. The van der Waals surface area contributed by atoms with E-state index in [2.05, 4.69) is 35.9 Å². The first-order chi connectivity index (χ1) is 9.07. The van der Waals surface area contributed by atoms with E-state index in [9.17, 15) is 0 Å². The molecule has 19 heavy (non-hydrogen) atoms. The molecule has 0 amide bonds. The van der Waals surface area contributed by atoms with Gasteiger partial charge in [-0.15, -0.1) is 0 Å². The van der Waals surface area contributed by atoms with E-state index >= 15 is 0 Å². The molecular formula is C16H21N3. The molecule has 2 N–H and O–H groups in total. The number of benzene rings is 1. The van der Waals surface area contributed by atoms with E-state index in [1.807, 2.05) is 18.3 Å². The van der Waals surface area contributed by atoms with E-state index in [0.29, 0.717) is 5.41 Å². The highest BCUT2D eigenvalue weighted by atomic mass is 15.1. The summed E-state index contributed by atoms with van der Waals surface area (Å²) < 4.78 is 0. The van der Waals surface area contributed by atoms with E-state index in [-0.39, 0.29) is 0 Å². The van der Waals surface area contributed by atoms with Crippen LogP contribution in [0, 0.1) is 5.41 Å². The summed E-state index contributed by atoms with van der Waals surface area (Å²) in [5, 5.41) is 1.17. The fraction of sp³-hybridized carbons (Fsp3) is 0.438. The first-order valence-electron chi connectivity index (χ1n) is 6.95. The van der Waals surface area contributed by atoms with Crippen LogP contribution in [0.25, 0.3) is 10.9 Å². The third-order valence-corrected chi connectivity index (χ3v) is 4.24. The zero-order valence-corrected chi connectivity index (χ0v) is 11.7. The molecule has 1 fully saturated rings. The maximum Gasteiger partial charge on any atom is 0.0951 e. The van der Waals surface area contributed by atoms with Crippen LogP contribution in [0.15, 0.2) is 30.5 Å². The van der Waals surface area contributed by atoms with Crippen LogP contribution >= 0.6 is 0 Å². The van der Waals surface area contributed by atoms with Gasteiger partial charge in [0.25, 0.3) is 0 Å². The Bertz CT molecular complexity index is 594. The molecule has 1 aliphatic heterocycles. The summed E-state index contributed by atoms with van der Waals surface area (Å²) in [5.74, 6) is 0. The van der Waals surface area contributed by atoms with Crippen molar-refractivity contribution in [2.75, 3.05) is 23.7 Å². The van der Waals surface area contributed by atoms with Gasteiger partial charge in [-0.2, -0.15) is 0 Å². The number of aromatic nitrogens is 1. The SMILES string of the molecule is CC1(C)CCN(c2ccc(N)c3ncccc23)CC1. The minimum Gasteiger partial charge on any atom is -0.397 e. The second-order valence-corrected chi connectivity index (χ2v) is 6.22. The number of nitrogens with zero attached hydrogens (tertiary/aromatic N) is 2. The lowest BCUT2D eigenvalue weighted by Gasteiger charge is -2.38. The molecular weight excluding hydrogens is 234 g/mol. The normalized spacial score (nSPS) is 18.7. The van der Waals surface area contributed by atoms with E-state index in [1.54, 1.807) is 0 Å². The van der Waals surface area contributed by atoms with Crippen LogP contribution in [0.1, 0.15) is 26.7 Å². The topological polar surface area (TPSA) is 42.1 Å². The van der Waals surface area contributed by atoms with Crippen LogP contribution in [0.2, 0.25) is 0 Å². The number of piperidine rings is 1. The van der Waals surface area contributed by atoms with Crippen LogP contribution < -0.4 is 10.6 Å². The third-order valence-electron chi connectivity index (χ3n) is 4.24. The molecule has 1 aliphatic rings. The Morgan fingerprint density at radius 1 is 1.16 bits per heavy atom. The Kier molecular flexibility index (Phi) is 2.85. The van der Waals surface area contributed by atoms with E-state index in [0.717, 1.165) is 24.3 Å². The largest absolute Gasteiger partial charge is 0.397 e. The number of hydrogen-bond donors (Lipinski definition) is 1. The predicted molar refractivity (Wildman–Crippen MR) is 81.4 cm³/mol. The van der Waals surface area contributed by atoms with Gasteiger partial charge in [0.15, 0.2) is 0 Å². The summed E-state index contributed by atoms with van der Waals surface area (Å²) in [7, 11) is 0. The van der Waals surface area contributed by atoms with Crippen LogP contribution in [0.3, 0.4) is 0 Å². The number of hydrogen-bond acceptors (Lipinski definition) is 3. The monoisotopic (exact) mass is 255 g/mol. The first-order valence-corrected chi connectivity index (χ1v) is 6.95. The number of nitrogen functional groups attached to an aromatic ring is 1. The highest BCUT2D eigenvalue weighted by Gasteiger charge is 2.26. The molecule has 0 spiro atoms. The molecule has 3 nitrogen and oxygen atoms in total. The molecule has 1 aromatic carbocycles. The van der Waals surface area contributed by atoms with Crippen molar-refractivity contribution in [1.29, 1.82) is 0 Å². The van der Waals surface area contributed by atoms with Crippen molar-refractivity contribution in [3.8, 4) is 0 Å². The maximum absolute atomic E-state index is 6.02. The summed E-state index contributed by atoms with van der Waals surface area (Å²) in [6.45, 7) is 6.93. The van der Waals surface area contributed by atoms with E-state index in [1.165, 1.54) is 23.9 Å². The average Bonchev–Trinajstić information content (AvgIpc) is 2.40. The van der Waals surface area contributed by atoms with Crippen molar-refractivity contribution in [3.63, 3.8) is 0 Å². The van der Waals surface area contributed by atoms with E-state index in [4.69, 9.17) is 5.73 Å². The number of pyridine rings is 1. The number of fused-ring (bicyclic) bond motifs is 1. The second-order valence-electron chi connectivity index (χ2n) is 6.22. The van der Waals surface area contributed by atoms with Gasteiger partial charge in [-0.3, -0.25) is 4.98 Å². The summed E-state index contributed by atoms with van der Waals surface area (Å²) in [6.07, 6.45) is 4.28. The highest BCUT2D eigenvalue weighted by Crippen LogP contribution is 2.35. The molecule has 2 aromatic rings. The summed E-state index contributed by atoms with van der Waals surface area (Å²) in [4.78, 5) is 6.88. The lowest BCUT2D eigenvalue weighted by atomic mass is 9.82. The Morgan fingerprint density at radius 2 is 1.89 bits per heavy atom. The lowest BCUT2D eigenvalue weighted by molar-refractivity contribution is 0.280. The first kappa shape index (κ1) is 12.3. The van der Waals surface area contributed by atoms with Crippen molar-refractivity contribution in [2.24, 2.45) is 5.41 Å². The molecule has 0 saturated carbocycles. The van der Waals surface area contributed by atoms with Crippen molar-refractivity contribution in [2.45, 2.75) is 26.7 Å². The summed E-state index contributed by atoms with van der Waals surface area (Å²) in [6, 6.07) is 8.22. The molecule has 1 saturated heterocycles. The molecule has 0 bridgehead atoms. The van der Waals surface area contributed by atoms with Crippen LogP contribution in [0.5, 0.6) is 0 Å². The summed E-state index contributed by atoms with van der Waals surface area (Å²) in [5.41, 5.74) is 9.44. The standard InChI is InChI=1S/C16H21N3/c1-16(2)7-10-19(11-8-16)14-6-5-13(17)15-12(14)4-3-9-18-15/h3-6,9H,7-8,10-11,17H2,1-2H3. The predicted octanol–water partition coefficient (Wildman–Crippen LogP) is 3.44. The molecule has 0 radical (unpaired) electrons. The average molecular weight is 255 g/mol. The van der Waals surface area contributed by atoms with Crippen LogP contribution in [-0.2, 0) is 0 Å². The van der Waals surface area contributed by atoms with Gasteiger partial charge in [0.2, 0.25) is 0 Å². The fourth-order valence-electron chi connectivity index (χ4n) is 2.81. The van der Waals surface area contributed by atoms with Gasteiger partial charge >= 0.3 is 0 Å². The molecule has 0 unspecified atom stereocenters. The van der Waals surface area contributed by atoms with Gasteiger partial charge in [-0.25, -0.2) is 0 Å². The lowest BCUT2D eigenvalue weighted by Crippen LogP contribution is -2.37. The van der Waals surface area contributed by atoms with Crippen LogP contribution in [-0.4, -0.2) is 18.1 Å². The number of nitrogens with two attached hydrogens (primary N) is 1. The zero-order chi connectivity index (χ0) is 13.5. The Morgan fingerprint density at radius 3 is 2.63 bits per heavy atom. The van der Waals surface area contributed by atoms with Crippen molar-refractivity contribution < 1.29 is 0 Å². The van der Waals surface area contributed by atoms with Crippen LogP contribution in [0.4, 0.5) is 11.4 Å². The zero-order valence-electron chi connectivity index (χ0n) is 11.7. The van der Waals surface area contributed by atoms with Crippen molar-refractivity contribution in [3.05, 3.63) is 30.5 Å². The fourth-order valence-corrected chi connectivity index (χ4v) is 2.81. The molecule has 100 valence electrons. The van der Waals surface area contributed by atoms with Gasteiger partial charge in [-0.1, -0.05) is 13.8 Å². The molecule has 0 aliphatic carbocycles. The molecule has 3 rings (SSSR count). The molecule has 0 atom stereocenters. The number of anilines is 2. The minimum atomic E-state index is 0.471. The molecule has 2 heterocycles. The molecule has 3 heteroatoms. The van der Waals surface area contributed by atoms with Gasteiger partial charge in [0, 0.05) is 30.4 Å².